The van der Waals surface area contributed by atoms with Gasteiger partial charge in [0, 0.05) is 12.1 Å². The van der Waals surface area contributed by atoms with E-state index in [1.165, 1.54) is 30.7 Å². The highest BCUT2D eigenvalue weighted by atomic mass is 32.1. The third-order valence-corrected chi connectivity index (χ3v) is 4.81. The van der Waals surface area contributed by atoms with Gasteiger partial charge in [0.1, 0.15) is 0 Å². The number of nitrogens with zero attached hydrogens (tertiary/aromatic N) is 1. The van der Waals surface area contributed by atoms with Crippen LogP contribution in [0, 0.1) is 11.8 Å². The van der Waals surface area contributed by atoms with Gasteiger partial charge in [-0.05, 0) is 37.5 Å². The quantitative estimate of drug-likeness (QED) is 0.747. The molecule has 0 saturated heterocycles. The zero-order chi connectivity index (χ0) is 11.5. The maximum Gasteiger partial charge on any atom is 0.161 e. The molecule has 1 aliphatic rings. The van der Waals surface area contributed by atoms with Gasteiger partial charge in [0.05, 0.1) is 9.88 Å². The molecule has 0 amide bonds. The molecule has 1 aromatic rings. The summed E-state index contributed by atoms with van der Waals surface area (Å²) in [6, 6.07) is 0. The summed E-state index contributed by atoms with van der Waals surface area (Å²) in [5.74, 6) is 2.30. The molecule has 0 aliphatic heterocycles. The van der Waals surface area contributed by atoms with E-state index >= 15 is 0 Å². The first-order chi connectivity index (χ1) is 7.70. The molecule has 0 aromatic carbocycles. The Morgan fingerprint density at radius 2 is 2.06 bits per heavy atom. The lowest BCUT2D eigenvalue weighted by molar-refractivity contribution is 0.112. The molecule has 1 heterocycles. The monoisotopic (exact) mass is 237 g/mol. The number of rotatable bonds is 3. The molecule has 0 N–H and O–H groups in total. The van der Waals surface area contributed by atoms with Crippen LogP contribution in [0.15, 0.2) is 6.20 Å². The summed E-state index contributed by atoms with van der Waals surface area (Å²) in [5.41, 5.74) is 0. The molecule has 0 atom stereocenters. The summed E-state index contributed by atoms with van der Waals surface area (Å²) < 4.78 is 0. The minimum Gasteiger partial charge on any atom is -0.297 e. The largest absolute Gasteiger partial charge is 0.297 e. The van der Waals surface area contributed by atoms with Gasteiger partial charge in [-0.3, -0.25) is 4.79 Å². The fraction of sp³-hybridized carbons (Fsp3) is 0.692. The molecule has 0 spiro atoms. The second-order valence-corrected chi connectivity index (χ2v) is 6.17. The van der Waals surface area contributed by atoms with E-state index in [0.717, 1.165) is 23.0 Å². The SMILES string of the molecule is CC(C)C1CCC(c2ncc(C=O)s2)CC1. The number of aldehydes is 1. The van der Waals surface area contributed by atoms with Crippen LogP contribution in [-0.4, -0.2) is 11.3 Å². The molecule has 3 heteroatoms. The molecule has 0 bridgehead atoms. The third kappa shape index (κ3) is 2.51. The van der Waals surface area contributed by atoms with Crippen LogP contribution >= 0.6 is 11.3 Å². The van der Waals surface area contributed by atoms with E-state index in [1.807, 2.05) is 0 Å². The third-order valence-electron chi connectivity index (χ3n) is 3.72. The van der Waals surface area contributed by atoms with E-state index < -0.39 is 0 Å². The van der Waals surface area contributed by atoms with Crippen LogP contribution in [0.5, 0.6) is 0 Å². The van der Waals surface area contributed by atoms with Crippen LogP contribution in [0.1, 0.15) is 60.1 Å². The molecular weight excluding hydrogens is 218 g/mol. The van der Waals surface area contributed by atoms with Crippen molar-refractivity contribution in [2.24, 2.45) is 11.8 Å². The molecule has 88 valence electrons. The molecule has 0 unspecified atom stereocenters. The number of hydrogen-bond donors (Lipinski definition) is 0. The Morgan fingerprint density at radius 1 is 1.38 bits per heavy atom. The summed E-state index contributed by atoms with van der Waals surface area (Å²) in [4.78, 5) is 15.7. The fourth-order valence-corrected chi connectivity index (χ4v) is 3.48. The lowest BCUT2D eigenvalue weighted by Gasteiger charge is -2.29. The highest BCUT2D eigenvalue weighted by Gasteiger charge is 2.25. The van der Waals surface area contributed by atoms with Crippen molar-refractivity contribution in [2.45, 2.75) is 45.4 Å². The van der Waals surface area contributed by atoms with Crippen LogP contribution < -0.4 is 0 Å². The first kappa shape index (κ1) is 11.8. The van der Waals surface area contributed by atoms with Gasteiger partial charge >= 0.3 is 0 Å². The lowest BCUT2D eigenvalue weighted by Crippen LogP contribution is -2.17. The molecular formula is C13H19NOS. The topological polar surface area (TPSA) is 30.0 Å². The first-order valence-electron chi connectivity index (χ1n) is 6.11. The van der Waals surface area contributed by atoms with E-state index in [9.17, 15) is 4.79 Å². The first-order valence-corrected chi connectivity index (χ1v) is 6.93. The van der Waals surface area contributed by atoms with Crippen molar-refractivity contribution in [1.29, 1.82) is 0 Å². The summed E-state index contributed by atoms with van der Waals surface area (Å²) in [7, 11) is 0. The van der Waals surface area contributed by atoms with Crippen LogP contribution in [-0.2, 0) is 0 Å². The molecule has 2 rings (SSSR count). The van der Waals surface area contributed by atoms with Crippen LogP contribution in [0.4, 0.5) is 0 Å². The minimum atomic E-state index is 0.605. The van der Waals surface area contributed by atoms with Gasteiger partial charge < -0.3 is 0 Å². The van der Waals surface area contributed by atoms with Crippen molar-refractivity contribution in [1.82, 2.24) is 4.98 Å². The number of carbonyl (C=O) groups excluding carboxylic acids is 1. The second kappa shape index (κ2) is 5.09. The van der Waals surface area contributed by atoms with E-state index in [4.69, 9.17) is 0 Å². The van der Waals surface area contributed by atoms with Gasteiger partial charge in [0.25, 0.3) is 0 Å². The van der Waals surface area contributed by atoms with Gasteiger partial charge in [-0.15, -0.1) is 11.3 Å². The van der Waals surface area contributed by atoms with Crippen molar-refractivity contribution in [3.8, 4) is 0 Å². The second-order valence-electron chi connectivity index (χ2n) is 5.07. The minimum absolute atomic E-state index is 0.605. The predicted octanol–water partition coefficient (Wildman–Crippen LogP) is 3.89. The average molecular weight is 237 g/mol. The average Bonchev–Trinajstić information content (AvgIpc) is 2.77. The van der Waals surface area contributed by atoms with E-state index in [-0.39, 0.29) is 0 Å². The molecule has 1 saturated carbocycles. The molecule has 1 aliphatic carbocycles. The predicted molar refractivity (Wildman–Crippen MR) is 67.0 cm³/mol. The molecule has 1 aromatic heterocycles. The zero-order valence-corrected chi connectivity index (χ0v) is 10.8. The van der Waals surface area contributed by atoms with Crippen LogP contribution in [0.2, 0.25) is 0 Å². The van der Waals surface area contributed by atoms with Gasteiger partial charge in [0.15, 0.2) is 6.29 Å². The number of aromatic nitrogens is 1. The summed E-state index contributed by atoms with van der Waals surface area (Å²) in [5, 5.41) is 1.17. The maximum absolute atomic E-state index is 10.6. The Bertz CT molecular complexity index is 351. The molecule has 16 heavy (non-hydrogen) atoms. The van der Waals surface area contributed by atoms with Gasteiger partial charge in [-0.25, -0.2) is 4.98 Å². The van der Waals surface area contributed by atoms with Crippen LogP contribution in [0.3, 0.4) is 0 Å². The fourth-order valence-electron chi connectivity index (χ4n) is 2.58. The standard InChI is InChI=1S/C13H19NOS/c1-9(2)10-3-5-11(6-4-10)13-14-7-12(8-15)16-13/h7-11H,3-6H2,1-2H3. The van der Waals surface area contributed by atoms with Crippen LogP contribution in [0.25, 0.3) is 0 Å². The Morgan fingerprint density at radius 3 is 2.56 bits per heavy atom. The Labute approximate surface area is 101 Å². The van der Waals surface area contributed by atoms with Gasteiger partial charge in [-0.1, -0.05) is 13.8 Å². The highest BCUT2D eigenvalue weighted by molar-refractivity contribution is 7.13. The zero-order valence-electron chi connectivity index (χ0n) is 9.98. The van der Waals surface area contributed by atoms with E-state index in [2.05, 4.69) is 18.8 Å². The Hall–Kier alpha value is -0.700. The van der Waals surface area contributed by atoms with E-state index in [1.54, 1.807) is 17.5 Å². The van der Waals surface area contributed by atoms with Crippen molar-refractivity contribution in [3.05, 3.63) is 16.1 Å². The van der Waals surface area contributed by atoms with Crippen molar-refractivity contribution >= 4 is 17.6 Å². The molecule has 2 nitrogen and oxygen atoms in total. The Kier molecular flexibility index (Phi) is 3.74. The molecule has 1 fully saturated rings. The lowest BCUT2D eigenvalue weighted by atomic mass is 9.77. The number of thiazole rings is 1. The molecule has 0 radical (unpaired) electrons. The smallest absolute Gasteiger partial charge is 0.161 e. The van der Waals surface area contributed by atoms with Crippen molar-refractivity contribution in [3.63, 3.8) is 0 Å². The van der Waals surface area contributed by atoms with Crippen molar-refractivity contribution in [2.75, 3.05) is 0 Å². The van der Waals surface area contributed by atoms with Gasteiger partial charge in [0.2, 0.25) is 0 Å². The van der Waals surface area contributed by atoms with E-state index in [0.29, 0.717) is 5.92 Å². The summed E-state index contributed by atoms with van der Waals surface area (Å²) in [6.07, 6.45) is 7.74. The highest BCUT2D eigenvalue weighted by Crippen LogP contribution is 2.39. The normalized spacial score (nSPS) is 25.9. The van der Waals surface area contributed by atoms with Gasteiger partial charge in [-0.2, -0.15) is 0 Å². The van der Waals surface area contributed by atoms with Crippen molar-refractivity contribution < 1.29 is 4.79 Å². The Balaban J connectivity index is 1.96. The number of hydrogen-bond acceptors (Lipinski definition) is 3. The number of carbonyl (C=O) groups is 1. The maximum atomic E-state index is 10.6. The summed E-state index contributed by atoms with van der Waals surface area (Å²) >= 11 is 1.57. The summed E-state index contributed by atoms with van der Waals surface area (Å²) in [6.45, 7) is 4.64.